The predicted molar refractivity (Wildman–Crippen MR) is 118 cm³/mol. The first kappa shape index (κ1) is 19.5. The first-order valence-corrected chi connectivity index (χ1v) is 10.9. The lowest BCUT2D eigenvalue weighted by Crippen LogP contribution is -2.47. The Labute approximate surface area is 181 Å². The zero-order valence-electron chi connectivity index (χ0n) is 17.3. The summed E-state index contributed by atoms with van der Waals surface area (Å²) in [5.41, 5.74) is 1.41. The Bertz CT molecular complexity index is 1100. The summed E-state index contributed by atoms with van der Waals surface area (Å²) in [7, 11) is 0. The van der Waals surface area contributed by atoms with Gasteiger partial charge in [-0.2, -0.15) is 0 Å². The van der Waals surface area contributed by atoms with Crippen molar-refractivity contribution < 1.29 is 14.3 Å². The van der Waals surface area contributed by atoms with Crippen molar-refractivity contribution in [3.63, 3.8) is 0 Å². The molecule has 0 N–H and O–H groups in total. The third-order valence-electron chi connectivity index (χ3n) is 6.12. The summed E-state index contributed by atoms with van der Waals surface area (Å²) >= 11 is 0. The molecule has 0 radical (unpaired) electrons. The Morgan fingerprint density at radius 1 is 0.968 bits per heavy atom. The molecule has 6 nitrogen and oxygen atoms in total. The second-order valence-electron chi connectivity index (χ2n) is 8.21. The molecule has 2 atom stereocenters. The maximum atomic E-state index is 13.5. The maximum absolute atomic E-state index is 13.5. The number of aromatic nitrogens is 1. The Kier molecular flexibility index (Phi) is 5.28. The number of benzene rings is 2. The number of pyridine rings is 1. The maximum Gasteiger partial charge on any atom is 0.254 e. The Morgan fingerprint density at radius 2 is 1.77 bits per heavy atom. The molecule has 2 amide bonds. The van der Waals surface area contributed by atoms with Gasteiger partial charge < -0.3 is 14.5 Å². The topological polar surface area (TPSA) is 62.7 Å². The number of carbonyl (C=O) groups excluding carboxylic acids is 2. The molecule has 0 bridgehead atoms. The fourth-order valence-electron chi connectivity index (χ4n) is 4.56. The van der Waals surface area contributed by atoms with Crippen LogP contribution in [0.3, 0.4) is 0 Å². The molecule has 0 saturated carbocycles. The van der Waals surface area contributed by atoms with E-state index in [-0.39, 0.29) is 17.9 Å². The fraction of sp³-hybridized carbons (Fsp3) is 0.320. The number of fused-ring (bicyclic) bond motifs is 1. The molecule has 2 unspecified atom stereocenters. The molecule has 31 heavy (non-hydrogen) atoms. The molecular formula is C25H25N3O3. The number of nitrogens with zero attached hydrogens (tertiary/aromatic N) is 3. The van der Waals surface area contributed by atoms with E-state index < -0.39 is 6.04 Å². The van der Waals surface area contributed by atoms with Gasteiger partial charge in [-0.15, -0.1) is 0 Å². The molecule has 2 aliphatic heterocycles. The second-order valence-corrected chi connectivity index (χ2v) is 8.21. The molecule has 2 saturated heterocycles. The highest BCUT2D eigenvalue weighted by atomic mass is 16.5. The summed E-state index contributed by atoms with van der Waals surface area (Å²) in [6.45, 7) is 1.93. The molecule has 0 aliphatic carbocycles. The van der Waals surface area contributed by atoms with Gasteiger partial charge >= 0.3 is 0 Å². The van der Waals surface area contributed by atoms with E-state index in [2.05, 4.69) is 4.98 Å². The van der Waals surface area contributed by atoms with Crippen LogP contribution in [0.2, 0.25) is 0 Å². The van der Waals surface area contributed by atoms with Gasteiger partial charge in [0.25, 0.3) is 5.91 Å². The normalized spacial score (nSPS) is 20.9. The van der Waals surface area contributed by atoms with Crippen LogP contribution in [0.5, 0.6) is 5.75 Å². The molecule has 3 heterocycles. The van der Waals surface area contributed by atoms with E-state index in [0.717, 1.165) is 42.6 Å². The summed E-state index contributed by atoms with van der Waals surface area (Å²) in [6, 6.07) is 18.4. The first-order valence-electron chi connectivity index (χ1n) is 10.9. The van der Waals surface area contributed by atoms with Gasteiger partial charge in [-0.05, 0) is 49.2 Å². The largest absolute Gasteiger partial charge is 0.488 e. The van der Waals surface area contributed by atoms with Crippen LogP contribution < -0.4 is 4.74 Å². The molecule has 2 aromatic carbocycles. The monoisotopic (exact) mass is 415 g/mol. The van der Waals surface area contributed by atoms with Gasteiger partial charge in [0.05, 0.1) is 12.1 Å². The van der Waals surface area contributed by atoms with Gasteiger partial charge in [0.2, 0.25) is 5.91 Å². The highest BCUT2D eigenvalue weighted by Gasteiger charge is 2.43. The van der Waals surface area contributed by atoms with Crippen LogP contribution in [0.25, 0.3) is 10.9 Å². The molecule has 2 fully saturated rings. The number of rotatable bonds is 4. The summed E-state index contributed by atoms with van der Waals surface area (Å²) in [4.78, 5) is 34.7. The van der Waals surface area contributed by atoms with Gasteiger partial charge in [-0.1, -0.05) is 24.3 Å². The van der Waals surface area contributed by atoms with E-state index in [4.69, 9.17) is 4.74 Å². The number of hydrogen-bond donors (Lipinski definition) is 0. The third-order valence-corrected chi connectivity index (χ3v) is 6.12. The van der Waals surface area contributed by atoms with Gasteiger partial charge in [0.15, 0.2) is 0 Å². The van der Waals surface area contributed by atoms with E-state index >= 15 is 0 Å². The Balaban J connectivity index is 1.42. The van der Waals surface area contributed by atoms with Gasteiger partial charge in [0.1, 0.15) is 17.9 Å². The van der Waals surface area contributed by atoms with Crippen LogP contribution in [0.4, 0.5) is 0 Å². The van der Waals surface area contributed by atoms with Crippen LogP contribution in [0.1, 0.15) is 29.6 Å². The van der Waals surface area contributed by atoms with Crippen molar-refractivity contribution in [1.82, 2.24) is 14.8 Å². The van der Waals surface area contributed by atoms with Crippen molar-refractivity contribution >= 4 is 22.7 Å². The summed E-state index contributed by atoms with van der Waals surface area (Å²) < 4.78 is 6.13. The van der Waals surface area contributed by atoms with Crippen molar-refractivity contribution in [1.29, 1.82) is 0 Å². The van der Waals surface area contributed by atoms with Crippen molar-refractivity contribution in [2.75, 3.05) is 19.6 Å². The molecule has 6 heteroatoms. The quantitative estimate of drug-likeness (QED) is 0.654. The summed E-state index contributed by atoms with van der Waals surface area (Å²) in [5.74, 6) is 0.654. The smallest absolute Gasteiger partial charge is 0.254 e. The number of para-hydroxylation sites is 1. The Morgan fingerprint density at radius 3 is 2.58 bits per heavy atom. The number of amides is 2. The van der Waals surface area contributed by atoms with Crippen LogP contribution in [0, 0.1) is 0 Å². The molecule has 0 spiro atoms. The van der Waals surface area contributed by atoms with Gasteiger partial charge in [-0.3, -0.25) is 14.6 Å². The molecule has 158 valence electrons. The molecule has 5 rings (SSSR count). The van der Waals surface area contributed by atoms with Gasteiger partial charge in [0, 0.05) is 36.7 Å². The SMILES string of the molecule is O=C(C1CC(Oc2ccccc2)CN1C(=O)c1ccc2ncccc2c1)N1CCCC1. The second kappa shape index (κ2) is 8.38. The zero-order chi connectivity index (χ0) is 21.2. The zero-order valence-corrected chi connectivity index (χ0v) is 17.3. The minimum absolute atomic E-state index is 0.0347. The number of carbonyl (C=O) groups is 2. The lowest BCUT2D eigenvalue weighted by Gasteiger charge is -2.27. The molecular weight excluding hydrogens is 390 g/mol. The van der Waals surface area contributed by atoms with Crippen LogP contribution in [0.15, 0.2) is 66.9 Å². The number of ether oxygens (including phenoxy) is 1. The average molecular weight is 415 g/mol. The standard InChI is InChI=1S/C25H25N3O3/c29-24(19-10-11-22-18(15-19)7-6-12-26-22)28-17-21(31-20-8-2-1-3-9-20)16-23(28)25(30)27-13-4-5-14-27/h1-3,6-12,15,21,23H,4-5,13-14,16-17H2. The van der Waals surface area contributed by atoms with E-state index in [9.17, 15) is 9.59 Å². The van der Waals surface area contributed by atoms with Crippen molar-refractivity contribution in [3.8, 4) is 5.75 Å². The van der Waals surface area contributed by atoms with Crippen molar-refractivity contribution in [2.24, 2.45) is 0 Å². The lowest BCUT2D eigenvalue weighted by molar-refractivity contribution is -0.134. The average Bonchev–Trinajstić information content (AvgIpc) is 3.49. The third kappa shape index (κ3) is 3.98. The first-order chi connectivity index (χ1) is 15.2. The lowest BCUT2D eigenvalue weighted by atomic mass is 10.1. The molecule has 2 aliphatic rings. The minimum atomic E-state index is -0.496. The van der Waals surface area contributed by atoms with E-state index in [1.807, 2.05) is 59.5 Å². The number of likely N-dealkylation sites (tertiary alicyclic amines) is 2. The molecule has 1 aromatic heterocycles. The van der Waals surface area contributed by atoms with Crippen molar-refractivity contribution in [3.05, 3.63) is 72.4 Å². The predicted octanol–water partition coefficient (Wildman–Crippen LogP) is 3.52. The van der Waals surface area contributed by atoms with E-state index in [1.165, 1.54) is 0 Å². The molecule has 3 aromatic rings. The van der Waals surface area contributed by atoms with Crippen molar-refractivity contribution in [2.45, 2.75) is 31.4 Å². The highest BCUT2D eigenvalue weighted by molar-refractivity contribution is 6.00. The highest BCUT2D eigenvalue weighted by Crippen LogP contribution is 2.28. The summed E-state index contributed by atoms with van der Waals surface area (Å²) in [6.07, 6.45) is 4.07. The van der Waals surface area contributed by atoms with E-state index in [1.54, 1.807) is 17.2 Å². The van der Waals surface area contributed by atoms with Crippen LogP contribution in [-0.2, 0) is 4.79 Å². The fourth-order valence-corrected chi connectivity index (χ4v) is 4.56. The van der Waals surface area contributed by atoms with Gasteiger partial charge in [-0.25, -0.2) is 0 Å². The Hall–Kier alpha value is -3.41. The van der Waals surface area contributed by atoms with Crippen LogP contribution in [-0.4, -0.2) is 58.4 Å². The summed E-state index contributed by atoms with van der Waals surface area (Å²) in [5, 5.41) is 0.909. The van der Waals surface area contributed by atoms with E-state index in [0.29, 0.717) is 18.5 Å². The minimum Gasteiger partial charge on any atom is -0.488 e. The number of hydrogen-bond acceptors (Lipinski definition) is 4. The van der Waals surface area contributed by atoms with Crippen LogP contribution >= 0.6 is 0 Å².